The zero-order chi connectivity index (χ0) is 12.8. The van der Waals surface area contributed by atoms with Gasteiger partial charge in [-0.05, 0) is 44.4 Å². The van der Waals surface area contributed by atoms with E-state index in [9.17, 15) is 0 Å². The standard InChI is InChI=1S/C14H23N3O/c1-12-11-16-7-3-14(12)17-8-4-13(5-9-17)18-10-2-6-15/h3,7,11,13H,2,4-6,8-10,15H2,1H3. The second-order valence-electron chi connectivity index (χ2n) is 4.86. The number of pyridine rings is 1. The lowest BCUT2D eigenvalue weighted by molar-refractivity contribution is 0.0366. The average Bonchev–Trinajstić information content (AvgIpc) is 2.41. The van der Waals surface area contributed by atoms with Crippen LogP contribution in [0.2, 0.25) is 0 Å². The van der Waals surface area contributed by atoms with E-state index in [1.54, 1.807) is 0 Å². The number of anilines is 1. The summed E-state index contributed by atoms with van der Waals surface area (Å²) >= 11 is 0. The van der Waals surface area contributed by atoms with Gasteiger partial charge >= 0.3 is 0 Å². The molecule has 0 aromatic carbocycles. The average molecular weight is 249 g/mol. The van der Waals surface area contributed by atoms with Crippen molar-refractivity contribution in [2.75, 3.05) is 31.1 Å². The minimum Gasteiger partial charge on any atom is -0.378 e. The van der Waals surface area contributed by atoms with Crippen molar-refractivity contribution in [3.8, 4) is 0 Å². The van der Waals surface area contributed by atoms with Gasteiger partial charge in [-0.15, -0.1) is 0 Å². The summed E-state index contributed by atoms with van der Waals surface area (Å²) in [6.07, 6.45) is 7.38. The van der Waals surface area contributed by atoms with Crippen molar-refractivity contribution in [1.82, 2.24) is 4.98 Å². The van der Waals surface area contributed by atoms with Crippen LogP contribution in [0.5, 0.6) is 0 Å². The van der Waals surface area contributed by atoms with Crippen molar-refractivity contribution in [3.63, 3.8) is 0 Å². The summed E-state index contributed by atoms with van der Waals surface area (Å²) in [5.41, 5.74) is 8.03. The summed E-state index contributed by atoms with van der Waals surface area (Å²) in [6.45, 7) is 5.77. The monoisotopic (exact) mass is 249 g/mol. The van der Waals surface area contributed by atoms with Crippen LogP contribution in [0.15, 0.2) is 18.5 Å². The molecule has 0 aliphatic carbocycles. The highest BCUT2D eigenvalue weighted by atomic mass is 16.5. The molecule has 0 atom stereocenters. The van der Waals surface area contributed by atoms with Gasteiger partial charge in [0.2, 0.25) is 0 Å². The van der Waals surface area contributed by atoms with E-state index < -0.39 is 0 Å². The van der Waals surface area contributed by atoms with Crippen molar-refractivity contribution >= 4 is 5.69 Å². The fraction of sp³-hybridized carbons (Fsp3) is 0.643. The zero-order valence-electron chi connectivity index (χ0n) is 11.1. The van der Waals surface area contributed by atoms with Crippen LogP contribution in [0, 0.1) is 6.92 Å². The van der Waals surface area contributed by atoms with E-state index in [2.05, 4.69) is 22.9 Å². The maximum Gasteiger partial charge on any atom is 0.0608 e. The van der Waals surface area contributed by atoms with Crippen molar-refractivity contribution in [3.05, 3.63) is 24.0 Å². The number of ether oxygens (including phenoxy) is 1. The maximum absolute atomic E-state index is 5.82. The normalized spacial score (nSPS) is 17.1. The summed E-state index contributed by atoms with van der Waals surface area (Å²) in [7, 11) is 0. The van der Waals surface area contributed by atoms with Gasteiger partial charge in [-0.2, -0.15) is 0 Å². The van der Waals surface area contributed by atoms with Crippen LogP contribution in [0.25, 0.3) is 0 Å². The van der Waals surface area contributed by atoms with E-state index in [0.29, 0.717) is 6.10 Å². The molecule has 4 heteroatoms. The molecule has 1 fully saturated rings. The molecule has 1 saturated heterocycles. The highest BCUT2D eigenvalue weighted by Gasteiger charge is 2.20. The van der Waals surface area contributed by atoms with E-state index in [-0.39, 0.29) is 0 Å². The lowest BCUT2D eigenvalue weighted by Crippen LogP contribution is -2.37. The number of nitrogens with zero attached hydrogens (tertiary/aromatic N) is 2. The largest absolute Gasteiger partial charge is 0.378 e. The van der Waals surface area contributed by atoms with E-state index in [1.807, 2.05) is 12.4 Å². The van der Waals surface area contributed by atoms with Gasteiger partial charge in [-0.3, -0.25) is 4.98 Å². The van der Waals surface area contributed by atoms with Crippen LogP contribution in [0.4, 0.5) is 5.69 Å². The zero-order valence-corrected chi connectivity index (χ0v) is 11.1. The molecule has 1 aromatic rings. The van der Waals surface area contributed by atoms with Gasteiger partial charge in [-0.25, -0.2) is 0 Å². The Hall–Kier alpha value is -1.13. The summed E-state index contributed by atoms with van der Waals surface area (Å²) < 4.78 is 5.82. The number of piperidine rings is 1. The Labute approximate surface area is 109 Å². The van der Waals surface area contributed by atoms with E-state index in [4.69, 9.17) is 10.5 Å². The van der Waals surface area contributed by atoms with E-state index in [1.165, 1.54) is 11.3 Å². The molecule has 1 aromatic heterocycles. The summed E-state index contributed by atoms with van der Waals surface area (Å²) in [6, 6.07) is 2.10. The predicted octanol–water partition coefficient (Wildman–Crippen LogP) is 1.72. The molecule has 4 nitrogen and oxygen atoms in total. The molecule has 0 amide bonds. The third kappa shape index (κ3) is 3.43. The van der Waals surface area contributed by atoms with Gasteiger partial charge in [0.1, 0.15) is 0 Å². The lowest BCUT2D eigenvalue weighted by Gasteiger charge is -2.34. The van der Waals surface area contributed by atoms with Crippen LogP contribution in [-0.2, 0) is 4.74 Å². The van der Waals surface area contributed by atoms with Gasteiger partial charge < -0.3 is 15.4 Å². The number of aromatic nitrogens is 1. The first kappa shape index (κ1) is 13.3. The van der Waals surface area contributed by atoms with Gasteiger partial charge in [0.25, 0.3) is 0 Å². The summed E-state index contributed by atoms with van der Waals surface area (Å²) in [4.78, 5) is 6.57. The van der Waals surface area contributed by atoms with Gasteiger partial charge in [0, 0.05) is 37.8 Å². The van der Waals surface area contributed by atoms with E-state index in [0.717, 1.165) is 45.5 Å². The number of hydrogen-bond acceptors (Lipinski definition) is 4. The molecule has 100 valence electrons. The quantitative estimate of drug-likeness (QED) is 0.807. The van der Waals surface area contributed by atoms with Gasteiger partial charge in [-0.1, -0.05) is 0 Å². The topological polar surface area (TPSA) is 51.4 Å². The number of rotatable bonds is 5. The van der Waals surface area contributed by atoms with Crippen molar-refractivity contribution in [2.24, 2.45) is 5.73 Å². The minimum absolute atomic E-state index is 0.412. The molecule has 18 heavy (non-hydrogen) atoms. The molecule has 0 radical (unpaired) electrons. The Bertz CT molecular complexity index is 362. The van der Waals surface area contributed by atoms with Crippen LogP contribution in [0.3, 0.4) is 0 Å². The molecule has 2 N–H and O–H groups in total. The first-order valence-corrected chi connectivity index (χ1v) is 6.78. The molecule has 2 heterocycles. The molecule has 1 aliphatic heterocycles. The van der Waals surface area contributed by atoms with E-state index >= 15 is 0 Å². The van der Waals surface area contributed by atoms with Crippen molar-refractivity contribution in [2.45, 2.75) is 32.3 Å². The van der Waals surface area contributed by atoms with Crippen LogP contribution in [-0.4, -0.2) is 37.3 Å². The second-order valence-corrected chi connectivity index (χ2v) is 4.86. The third-order valence-corrected chi connectivity index (χ3v) is 3.48. The first-order valence-electron chi connectivity index (χ1n) is 6.78. The smallest absolute Gasteiger partial charge is 0.0608 e. The number of aryl methyl sites for hydroxylation is 1. The van der Waals surface area contributed by atoms with Crippen LogP contribution >= 0.6 is 0 Å². The third-order valence-electron chi connectivity index (χ3n) is 3.48. The highest BCUT2D eigenvalue weighted by molar-refractivity contribution is 5.51. The minimum atomic E-state index is 0.412. The fourth-order valence-corrected chi connectivity index (χ4v) is 2.42. The Morgan fingerprint density at radius 1 is 1.44 bits per heavy atom. The first-order chi connectivity index (χ1) is 8.81. The highest BCUT2D eigenvalue weighted by Crippen LogP contribution is 2.23. The Morgan fingerprint density at radius 3 is 2.89 bits per heavy atom. The molecule has 2 rings (SSSR count). The van der Waals surface area contributed by atoms with Gasteiger partial charge in [0.15, 0.2) is 0 Å². The Balaban J connectivity index is 1.81. The molecule has 0 bridgehead atoms. The SMILES string of the molecule is Cc1cnccc1N1CCC(OCCCN)CC1. The lowest BCUT2D eigenvalue weighted by atomic mass is 10.1. The molecule has 0 spiro atoms. The Morgan fingerprint density at radius 2 is 2.22 bits per heavy atom. The van der Waals surface area contributed by atoms with Crippen molar-refractivity contribution in [1.29, 1.82) is 0 Å². The van der Waals surface area contributed by atoms with Crippen LogP contribution in [0.1, 0.15) is 24.8 Å². The number of hydrogen-bond donors (Lipinski definition) is 1. The van der Waals surface area contributed by atoms with Crippen LogP contribution < -0.4 is 10.6 Å². The molecule has 1 aliphatic rings. The molecule has 0 saturated carbocycles. The molecular formula is C14H23N3O. The van der Waals surface area contributed by atoms with Crippen molar-refractivity contribution < 1.29 is 4.74 Å². The van der Waals surface area contributed by atoms with Gasteiger partial charge in [0.05, 0.1) is 6.10 Å². The molecular weight excluding hydrogens is 226 g/mol. The number of nitrogens with two attached hydrogens (primary N) is 1. The summed E-state index contributed by atoms with van der Waals surface area (Å²) in [5.74, 6) is 0. The summed E-state index contributed by atoms with van der Waals surface area (Å²) in [5, 5.41) is 0. The maximum atomic E-state index is 5.82. The Kier molecular flexibility index (Phi) is 4.96. The predicted molar refractivity (Wildman–Crippen MR) is 73.8 cm³/mol. The molecule has 0 unspecified atom stereocenters. The fourth-order valence-electron chi connectivity index (χ4n) is 2.42. The second kappa shape index (κ2) is 6.71.